The molecule has 23 heavy (non-hydrogen) atoms. The maximum absolute atomic E-state index is 11.9. The minimum Gasteiger partial charge on any atom is -0.368 e. The van der Waals surface area contributed by atoms with Gasteiger partial charge in [-0.05, 0) is 51.9 Å². The zero-order valence-electron chi connectivity index (χ0n) is 13.9. The molecule has 1 aliphatic rings. The number of nitrogens with zero attached hydrogens (tertiary/aromatic N) is 2. The van der Waals surface area contributed by atoms with Crippen molar-refractivity contribution in [3.8, 4) is 0 Å². The van der Waals surface area contributed by atoms with Gasteiger partial charge in [0.15, 0.2) is 0 Å². The van der Waals surface area contributed by atoms with Crippen molar-refractivity contribution in [1.82, 2.24) is 10.3 Å². The Bertz CT molecular complexity index is 460. The predicted octanol–water partition coefficient (Wildman–Crippen LogP) is 2.06. The third kappa shape index (κ3) is 6.33. The number of aromatic nitrogens is 1. The highest BCUT2D eigenvalue weighted by atomic mass is 35.5. The fraction of sp³-hybridized carbons (Fsp3) is 0.625. The molecule has 0 saturated carbocycles. The Hall–Kier alpha value is -1.37. The van der Waals surface area contributed by atoms with Gasteiger partial charge < -0.3 is 20.3 Å². The molecule has 1 aliphatic heterocycles. The van der Waals surface area contributed by atoms with E-state index in [1.54, 1.807) is 6.20 Å². The topological polar surface area (TPSA) is 66.5 Å². The van der Waals surface area contributed by atoms with Crippen molar-refractivity contribution in [2.75, 3.05) is 43.0 Å². The fourth-order valence-corrected chi connectivity index (χ4v) is 2.55. The molecule has 0 radical (unpaired) electrons. The van der Waals surface area contributed by atoms with Crippen LogP contribution < -0.4 is 15.5 Å². The third-order valence-corrected chi connectivity index (χ3v) is 3.86. The molecule has 1 amide bonds. The highest BCUT2D eigenvalue weighted by Gasteiger charge is 2.15. The van der Waals surface area contributed by atoms with Crippen LogP contribution in [0, 0.1) is 0 Å². The van der Waals surface area contributed by atoms with E-state index in [1.807, 2.05) is 12.1 Å². The minimum absolute atomic E-state index is 0. The number of hydrogen-bond donors (Lipinski definition) is 2. The van der Waals surface area contributed by atoms with Crippen LogP contribution in [0.2, 0.25) is 0 Å². The lowest BCUT2D eigenvalue weighted by molar-refractivity contribution is -0.123. The van der Waals surface area contributed by atoms with Gasteiger partial charge in [0, 0.05) is 13.1 Å². The SMILES string of the molecule is CCN(CC)c1ccc(NC(=O)COC2CCNCC2)cn1.Cl. The summed E-state index contributed by atoms with van der Waals surface area (Å²) in [5.41, 5.74) is 0.704. The van der Waals surface area contributed by atoms with Gasteiger partial charge in [-0.15, -0.1) is 12.4 Å². The summed E-state index contributed by atoms with van der Waals surface area (Å²) in [5.74, 6) is 0.796. The van der Waals surface area contributed by atoms with Gasteiger partial charge in [-0.3, -0.25) is 4.79 Å². The molecule has 1 aromatic rings. The molecule has 0 aliphatic carbocycles. The molecule has 0 aromatic carbocycles. The van der Waals surface area contributed by atoms with Crippen LogP contribution in [0.15, 0.2) is 18.3 Å². The average molecular weight is 343 g/mol. The Morgan fingerprint density at radius 1 is 1.35 bits per heavy atom. The lowest BCUT2D eigenvalue weighted by Crippen LogP contribution is -2.34. The lowest BCUT2D eigenvalue weighted by Gasteiger charge is -2.22. The van der Waals surface area contributed by atoms with E-state index in [0.717, 1.165) is 44.8 Å². The van der Waals surface area contributed by atoms with Crippen molar-refractivity contribution in [2.45, 2.75) is 32.8 Å². The van der Waals surface area contributed by atoms with E-state index in [2.05, 4.69) is 34.4 Å². The second-order valence-corrected chi connectivity index (χ2v) is 5.39. The first-order chi connectivity index (χ1) is 10.7. The van der Waals surface area contributed by atoms with E-state index in [1.165, 1.54) is 0 Å². The summed E-state index contributed by atoms with van der Waals surface area (Å²) in [6, 6.07) is 3.80. The number of pyridine rings is 1. The first-order valence-electron chi connectivity index (χ1n) is 8.06. The Balaban J connectivity index is 0.00000264. The molecule has 0 unspecified atom stereocenters. The molecule has 7 heteroatoms. The maximum atomic E-state index is 11.9. The van der Waals surface area contributed by atoms with Crippen LogP contribution in [-0.4, -0.2) is 49.8 Å². The van der Waals surface area contributed by atoms with E-state index >= 15 is 0 Å². The van der Waals surface area contributed by atoms with Crippen LogP contribution >= 0.6 is 12.4 Å². The monoisotopic (exact) mass is 342 g/mol. The predicted molar refractivity (Wildman–Crippen MR) is 95.5 cm³/mol. The molecular weight excluding hydrogens is 316 g/mol. The van der Waals surface area contributed by atoms with Crippen molar-refractivity contribution in [3.63, 3.8) is 0 Å². The Kier molecular flexibility index (Phi) is 8.91. The van der Waals surface area contributed by atoms with E-state index in [9.17, 15) is 4.79 Å². The number of anilines is 2. The van der Waals surface area contributed by atoms with E-state index in [-0.39, 0.29) is 31.0 Å². The van der Waals surface area contributed by atoms with Crippen molar-refractivity contribution in [1.29, 1.82) is 0 Å². The van der Waals surface area contributed by atoms with E-state index in [0.29, 0.717) is 5.69 Å². The van der Waals surface area contributed by atoms with Gasteiger partial charge in [-0.25, -0.2) is 4.98 Å². The Labute approximate surface area is 144 Å². The van der Waals surface area contributed by atoms with E-state index in [4.69, 9.17) is 4.74 Å². The van der Waals surface area contributed by atoms with Crippen LogP contribution in [0.1, 0.15) is 26.7 Å². The number of hydrogen-bond acceptors (Lipinski definition) is 5. The summed E-state index contributed by atoms with van der Waals surface area (Å²) in [4.78, 5) is 18.4. The molecule has 1 saturated heterocycles. The number of carbonyl (C=O) groups excluding carboxylic acids is 1. The van der Waals surface area contributed by atoms with Crippen molar-refractivity contribution in [2.24, 2.45) is 0 Å². The molecule has 130 valence electrons. The lowest BCUT2D eigenvalue weighted by atomic mass is 10.1. The first-order valence-corrected chi connectivity index (χ1v) is 8.06. The van der Waals surface area contributed by atoms with Gasteiger partial charge >= 0.3 is 0 Å². The number of amides is 1. The molecule has 0 bridgehead atoms. The van der Waals surface area contributed by atoms with Crippen molar-refractivity contribution >= 4 is 29.8 Å². The third-order valence-electron chi connectivity index (χ3n) is 3.86. The zero-order chi connectivity index (χ0) is 15.8. The summed E-state index contributed by atoms with van der Waals surface area (Å²) in [7, 11) is 0. The minimum atomic E-state index is -0.129. The van der Waals surface area contributed by atoms with Crippen LogP contribution in [0.3, 0.4) is 0 Å². The van der Waals surface area contributed by atoms with Gasteiger partial charge in [0.2, 0.25) is 5.91 Å². The number of nitrogens with one attached hydrogen (secondary N) is 2. The number of halogens is 1. The van der Waals surface area contributed by atoms with Gasteiger partial charge in [0.25, 0.3) is 0 Å². The largest absolute Gasteiger partial charge is 0.368 e. The standard InChI is InChI=1S/C16H26N4O2.ClH/c1-3-20(4-2)15-6-5-13(11-18-15)19-16(21)12-22-14-7-9-17-10-8-14;/h5-6,11,14,17H,3-4,7-10,12H2,1-2H3,(H,19,21);1H. The molecule has 1 fully saturated rings. The summed E-state index contributed by atoms with van der Waals surface area (Å²) in [6.45, 7) is 8.05. The van der Waals surface area contributed by atoms with Crippen LogP contribution in [-0.2, 0) is 9.53 Å². The van der Waals surface area contributed by atoms with Gasteiger partial charge in [0.1, 0.15) is 12.4 Å². The fourth-order valence-electron chi connectivity index (χ4n) is 2.55. The highest BCUT2D eigenvalue weighted by Crippen LogP contribution is 2.14. The van der Waals surface area contributed by atoms with E-state index < -0.39 is 0 Å². The van der Waals surface area contributed by atoms with Crippen LogP contribution in [0.25, 0.3) is 0 Å². The molecule has 2 heterocycles. The van der Waals surface area contributed by atoms with Gasteiger partial charge in [-0.2, -0.15) is 0 Å². The molecule has 0 atom stereocenters. The smallest absolute Gasteiger partial charge is 0.250 e. The zero-order valence-corrected chi connectivity index (χ0v) is 14.7. The quantitative estimate of drug-likeness (QED) is 0.794. The molecule has 2 N–H and O–H groups in total. The normalized spacial score (nSPS) is 14.9. The Morgan fingerprint density at radius 3 is 2.61 bits per heavy atom. The molecular formula is C16H27ClN4O2. The summed E-state index contributed by atoms with van der Waals surface area (Å²) < 4.78 is 5.63. The molecule has 2 rings (SSSR count). The maximum Gasteiger partial charge on any atom is 0.250 e. The van der Waals surface area contributed by atoms with Crippen molar-refractivity contribution < 1.29 is 9.53 Å². The summed E-state index contributed by atoms with van der Waals surface area (Å²) >= 11 is 0. The number of carbonyl (C=O) groups is 1. The number of piperidine rings is 1. The second-order valence-electron chi connectivity index (χ2n) is 5.39. The first kappa shape index (κ1) is 19.7. The van der Waals surface area contributed by atoms with Crippen LogP contribution in [0.5, 0.6) is 0 Å². The van der Waals surface area contributed by atoms with Gasteiger partial charge in [-0.1, -0.05) is 0 Å². The molecule has 1 aromatic heterocycles. The summed E-state index contributed by atoms with van der Waals surface area (Å²) in [5, 5.41) is 6.10. The molecule has 6 nitrogen and oxygen atoms in total. The highest BCUT2D eigenvalue weighted by molar-refractivity contribution is 5.91. The summed E-state index contributed by atoms with van der Waals surface area (Å²) in [6.07, 6.45) is 3.81. The van der Waals surface area contributed by atoms with Gasteiger partial charge in [0.05, 0.1) is 18.0 Å². The Morgan fingerprint density at radius 2 is 2.04 bits per heavy atom. The number of rotatable bonds is 7. The van der Waals surface area contributed by atoms with Crippen LogP contribution in [0.4, 0.5) is 11.5 Å². The molecule has 0 spiro atoms. The number of ether oxygens (including phenoxy) is 1. The second kappa shape index (κ2) is 10.4. The average Bonchev–Trinajstić information content (AvgIpc) is 2.56. The van der Waals surface area contributed by atoms with Crippen molar-refractivity contribution in [3.05, 3.63) is 18.3 Å².